The highest BCUT2D eigenvalue weighted by Crippen LogP contribution is 2.27. The maximum atomic E-state index is 13.0. The first-order valence-electron chi connectivity index (χ1n) is 11.1. The Hall–Kier alpha value is -1.89. The van der Waals surface area contributed by atoms with Crippen molar-refractivity contribution in [3.8, 4) is 0 Å². The molecule has 1 saturated carbocycles. The number of ketones is 1. The summed E-state index contributed by atoms with van der Waals surface area (Å²) < 4.78 is 39.1. The number of rotatable bonds is 7. The molecular formula is C23H31F3N2O2. The molecule has 1 aliphatic carbocycles. The van der Waals surface area contributed by atoms with Crippen LogP contribution in [0.15, 0.2) is 18.2 Å². The van der Waals surface area contributed by atoms with Gasteiger partial charge in [-0.1, -0.05) is 31.4 Å². The van der Waals surface area contributed by atoms with Crippen molar-refractivity contribution < 1.29 is 22.8 Å². The largest absolute Gasteiger partial charge is 0.471 e. The van der Waals surface area contributed by atoms with Gasteiger partial charge in [-0.05, 0) is 68.3 Å². The van der Waals surface area contributed by atoms with Crippen LogP contribution in [0, 0.1) is 5.92 Å². The number of amides is 1. The zero-order valence-corrected chi connectivity index (χ0v) is 17.4. The number of halogens is 3. The van der Waals surface area contributed by atoms with E-state index in [9.17, 15) is 22.8 Å². The molecule has 1 heterocycles. The van der Waals surface area contributed by atoms with Crippen molar-refractivity contribution in [2.24, 2.45) is 5.92 Å². The summed E-state index contributed by atoms with van der Waals surface area (Å²) in [6.07, 6.45) is 2.16. The minimum absolute atomic E-state index is 0.0323. The van der Waals surface area contributed by atoms with Crippen molar-refractivity contribution in [3.63, 3.8) is 0 Å². The normalized spacial score (nSPS) is 17.8. The molecule has 1 fully saturated rings. The molecule has 0 radical (unpaired) electrons. The number of carbonyl (C=O) groups is 2. The van der Waals surface area contributed by atoms with E-state index >= 15 is 0 Å². The highest BCUT2D eigenvalue weighted by molar-refractivity contribution is 5.96. The topological polar surface area (TPSA) is 49.4 Å². The molecule has 2 aliphatic rings. The van der Waals surface area contributed by atoms with Gasteiger partial charge >= 0.3 is 12.1 Å². The van der Waals surface area contributed by atoms with Crippen LogP contribution in [0.1, 0.15) is 66.4 Å². The van der Waals surface area contributed by atoms with E-state index in [1.165, 1.54) is 5.56 Å². The number of Topliss-reactive ketones (excluding diaryl/α,β-unsaturated/α-hetero) is 1. The number of nitrogens with one attached hydrogen (secondary N) is 1. The van der Waals surface area contributed by atoms with E-state index in [-0.39, 0.29) is 37.6 Å². The lowest BCUT2D eigenvalue weighted by atomic mass is 9.89. The predicted octanol–water partition coefficient (Wildman–Crippen LogP) is 4.31. The summed E-state index contributed by atoms with van der Waals surface area (Å²) in [6, 6.07) is 5.72. The maximum absolute atomic E-state index is 13.0. The summed E-state index contributed by atoms with van der Waals surface area (Å²) in [4.78, 5) is 25.4. The highest BCUT2D eigenvalue weighted by Gasteiger charge is 2.42. The summed E-state index contributed by atoms with van der Waals surface area (Å²) in [7, 11) is 0. The van der Waals surface area contributed by atoms with Crippen molar-refractivity contribution in [3.05, 3.63) is 34.9 Å². The van der Waals surface area contributed by atoms with Gasteiger partial charge < -0.3 is 10.2 Å². The van der Waals surface area contributed by atoms with Gasteiger partial charge in [-0.2, -0.15) is 13.2 Å². The molecule has 4 nitrogen and oxygen atoms in total. The van der Waals surface area contributed by atoms with E-state index in [0.29, 0.717) is 5.56 Å². The number of carbonyl (C=O) groups excluding carboxylic acids is 2. The third-order valence-electron chi connectivity index (χ3n) is 6.24. The molecule has 1 aromatic carbocycles. The minimum atomic E-state index is -4.87. The van der Waals surface area contributed by atoms with Crippen molar-refractivity contribution in [1.82, 2.24) is 10.2 Å². The minimum Gasteiger partial charge on any atom is -0.335 e. The molecule has 0 spiro atoms. The van der Waals surface area contributed by atoms with Gasteiger partial charge in [0.1, 0.15) is 0 Å². The number of alkyl halides is 3. The molecule has 1 aromatic rings. The van der Waals surface area contributed by atoms with Crippen LogP contribution in [0.5, 0.6) is 0 Å². The molecule has 0 bridgehead atoms. The smallest absolute Gasteiger partial charge is 0.335 e. The Morgan fingerprint density at radius 1 is 1.03 bits per heavy atom. The second kappa shape index (κ2) is 10.4. The van der Waals surface area contributed by atoms with Crippen LogP contribution < -0.4 is 5.32 Å². The average Bonchev–Trinajstić information content (AvgIpc) is 2.97. The van der Waals surface area contributed by atoms with Gasteiger partial charge in [0.25, 0.3) is 0 Å². The molecule has 1 aliphatic heterocycles. The van der Waals surface area contributed by atoms with Crippen LogP contribution in [0.3, 0.4) is 0 Å². The second-order valence-electron chi connectivity index (χ2n) is 8.51. The summed E-state index contributed by atoms with van der Waals surface area (Å²) in [5, 5.41) is 3.33. The van der Waals surface area contributed by atoms with E-state index in [4.69, 9.17) is 0 Å². The monoisotopic (exact) mass is 424 g/mol. The fourth-order valence-corrected chi connectivity index (χ4v) is 4.56. The second-order valence-corrected chi connectivity index (χ2v) is 8.51. The first-order valence-corrected chi connectivity index (χ1v) is 11.1. The van der Waals surface area contributed by atoms with Gasteiger partial charge in [0.15, 0.2) is 5.78 Å². The van der Waals surface area contributed by atoms with Crippen LogP contribution in [0.2, 0.25) is 0 Å². The van der Waals surface area contributed by atoms with Crippen molar-refractivity contribution >= 4 is 11.7 Å². The van der Waals surface area contributed by atoms with Crippen LogP contribution >= 0.6 is 0 Å². The summed E-state index contributed by atoms with van der Waals surface area (Å²) in [6.45, 7) is 1.90. The van der Waals surface area contributed by atoms with Crippen LogP contribution in [0.4, 0.5) is 13.2 Å². The Balaban J connectivity index is 1.57. The fraction of sp³-hybridized carbons (Fsp3) is 0.652. The van der Waals surface area contributed by atoms with Gasteiger partial charge in [0, 0.05) is 25.1 Å². The molecule has 3 rings (SSSR count). The first-order chi connectivity index (χ1) is 14.3. The Bertz CT molecular complexity index is 742. The zero-order chi connectivity index (χ0) is 21.6. The molecular weight excluding hydrogens is 393 g/mol. The number of benzene rings is 1. The number of hydrogen-bond acceptors (Lipinski definition) is 3. The zero-order valence-electron chi connectivity index (χ0n) is 17.4. The van der Waals surface area contributed by atoms with E-state index in [0.717, 1.165) is 68.5 Å². The molecule has 7 heteroatoms. The quantitative estimate of drug-likeness (QED) is 0.664. The Kier molecular flexibility index (Phi) is 7.92. The Morgan fingerprint density at radius 3 is 2.43 bits per heavy atom. The SMILES string of the molecule is O=C(CCCN(CC1CCCCC1)C(=O)C(F)(F)F)c1ccc2c(c1)CCNCC2. The number of nitrogens with zero attached hydrogens (tertiary/aromatic N) is 1. The molecule has 0 unspecified atom stereocenters. The molecule has 1 N–H and O–H groups in total. The van der Waals surface area contributed by atoms with Gasteiger partial charge in [-0.3, -0.25) is 9.59 Å². The molecule has 0 aromatic heterocycles. The molecule has 0 saturated heterocycles. The lowest BCUT2D eigenvalue weighted by molar-refractivity contribution is -0.186. The maximum Gasteiger partial charge on any atom is 0.471 e. The predicted molar refractivity (Wildman–Crippen MR) is 109 cm³/mol. The van der Waals surface area contributed by atoms with E-state index in [2.05, 4.69) is 5.32 Å². The van der Waals surface area contributed by atoms with Crippen LogP contribution in [-0.2, 0) is 17.6 Å². The summed E-state index contributed by atoms with van der Waals surface area (Å²) in [5.41, 5.74) is 3.01. The van der Waals surface area contributed by atoms with Gasteiger partial charge in [0.05, 0.1) is 0 Å². The van der Waals surface area contributed by atoms with Crippen LogP contribution in [-0.4, -0.2) is 48.9 Å². The van der Waals surface area contributed by atoms with Gasteiger partial charge in [0.2, 0.25) is 0 Å². The van der Waals surface area contributed by atoms with E-state index in [1.54, 1.807) is 0 Å². The third-order valence-corrected chi connectivity index (χ3v) is 6.24. The average molecular weight is 425 g/mol. The Labute approximate surface area is 176 Å². The standard InChI is InChI=1S/C23H31F3N2O2/c24-23(25,26)22(30)28(16-17-5-2-1-3-6-17)14-4-7-21(29)20-9-8-18-10-12-27-13-11-19(18)15-20/h8-9,15,17,27H,1-7,10-14,16H2. The van der Waals surface area contributed by atoms with Crippen molar-refractivity contribution in [1.29, 1.82) is 0 Å². The van der Waals surface area contributed by atoms with Crippen molar-refractivity contribution in [2.45, 2.75) is 64.0 Å². The summed E-state index contributed by atoms with van der Waals surface area (Å²) in [5.74, 6) is -1.73. The number of hydrogen-bond donors (Lipinski definition) is 1. The molecule has 166 valence electrons. The lowest BCUT2D eigenvalue weighted by Gasteiger charge is -2.30. The van der Waals surface area contributed by atoms with Gasteiger partial charge in [-0.25, -0.2) is 0 Å². The first kappa shape index (κ1) is 22.8. The lowest BCUT2D eigenvalue weighted by Crippen LogP contribution is -2.44. The summed E-state index contributed by atoms with van der Waals surface area (Å²) >= 11 is 0. The van der Waals surface area contributed by atoms with Crippen LogP contribution in [0.25, 0.3) is 0 Å². The molecule has 0 atom stereocenters. The van der Waals surface area contributed by atoms with Crippen molar-refractivity contribution in [2.75, 3.05) is 26.2 Å². The highest BCUT2D eigenvalue weighted by atomic mass is 19.4. The van der Waals surface area contributed by atoms with E-state index < -0.39 is 12.1 Å². The van der Waals surface area contributed by atoms with E-state index in [1.807, 2.05) is 18.2 Å². The fourth-order valence-electron chi connectivity index (χ4n) is 4.56. The third kappa shape index (κ3) is 6.30. The molecule has 1 amide bonds. The number of fused-ring (bicyclic) bond motifs is 1. The molecule has 30 heavy (non-hydrogen) atoms. The van der Waals surface area contributed by atoms with Gasteiger partial charge in [-0.15, -0.1) is 0 Å². The Morgan fingerprint density at radius 2 is 1.73 bits per heavy atom.